The Labute approximate surface area is 187 Å². The molecule has 1 aliphatic heterocycles. The van der Waals surface area contributed by atoms with Gasteiger partial charge in [-0.1, -0.05) is 52.3 Å². The molecule has 0 unspecified atom stereocenters. The van der Waals surface area contributed by atoms with Gasteiger partial charge in [-0.15, -0.1) is 0 Å². The topological polar surface area (TPSA) is 112 Å². The quantitative estimate of drug-likeness (QED) is 0.422. The van der Waals surface area contributed by atoms with Gasteiger partial charge >= 0.3 is 11.9 Å². The third kappa shape index (κ3) is 5.90. The molecule has 0 amide bonds. The van der Waals surface area contributed by atoms with Crippen LogP contribution in [-0.4, -0.2) is 71.4 Å². The molecule has 1 aliphatic rings. The molecule has 8 nitrogen and oxygen atoms in total. The molecule has 5 atom stereocenters. The van der Waals surface area contributed by atoms with Crippen molar-refractivity contribution in [1.82, 2.24) is 0 Å². The van der Waals surface area contributed by atoms with Crippen molar-refractivity contribution < 1.29 is 38.7 Å². The molecule has 0 aliphatic carbocycles. The second kappa shape index (κ2) is 11.4. The number of alkyl halides is 1. The molecular formula is C22H23BrO8. The van der Waals surface area contributed by atoms with Crippen LogP contribution in [0.2, 0.25) is 0 Å². The fourth-order valence-electron chi connectivity index (χ4n) is 3.14. The fourth-order valence-corrected chi connectivity index (χ4v) is 3.33. The lowest BCUT2D eigenvalue weighted by molar-refractivity contribution is -0.298. The molecule has 1 saturated heterocycles. The van der Waals surface area contributed by atoms with E-state index in [0.717, 1.165) is 0 Å². The maximum absolute atomic E-state index is 12.6. The highest BCUT2D eigenvalue weighted by atomic mass is 79.9. The van der Waals surface area contributed by atoms with E-state index in [0.29, 0.717) is 5.33 Å². The van der Waals surface area contributed by atoms with Gasteiger partial charge in [-0.25, -0.2) is 9.59 Å². The summed E-state index contributed by atoms with van der Waals surface area (Å²) in [5, 5.41) is 21.2. The van der Waals surface area contributed by atoms with Crippen LogP contribution in [-0.2, 0) is 18.9 Å². The molecule has 0 spiro atoms. The second-order valence-electron chi connectivity index (χ2n) is 6.75. The van der Waals surface area contributed by atoms with Crippen molar-refractivity contribution >= 4 is 27.9 Å². The van der Waals surface area contributed by atoms with Gasteiger partial charge in [0.2, 0.25) is 0 Å². The molecule has 1 heterocycles. The van der Waals surface area contributed by atoms with Gasteiger partial charge < -0.3 is 29.2 Å². The second-order valence-corrected chi connectivity index (χ2v) is 7.54. The molecule has 31 heavy (non-hydrogen) atoms. The number of rotatable bonds is 8. The third-order valence-electron chi connectivity index (χ3n) is 4.66. The van der Waals surface area contributed by atoms with Crippen LogP contribution in [0, 0.1) is 0 Å². The largest absolute Gasteiger partial charge is 0.453 e. The Balaban J connectivity index is 1.81. The number of hydrogen-bond acceptors (Lipinski definition) is 8. The van der Waals surface area contributed by atoms with Gasteiger partial charge in [-0.05, 0) is 24.3 Å². The molecule has 3 rings (SSSR count). The number of ether oxygens (including phenoxy) is 4. The first-order chi connectivity index (χ1) is 15.0. The van der Waals surface area contributed by atoms with Gasteiger partial charge in [0.1, 0.15) is 12.2 Å². The Morgan fingerprint density at radius 3 is 1.90 bits per heavy atom. The Kier molecular flexibility index (Phi) is 8.56. The summed E-state index contributed by atoms with van der Waals surface area (Å²) in [5.41, 5.74) is 0.540. The highest BCUT2D eigenvalue weighted by Gasteiger charge is 2.50. The highest BCUT2D eigenvalue weighted by molar-refractivity contribution is 9.09. The van der Waals surface area contributed by atoms with Gasteiger partial charge in [-0.3, -0.25) is 0 Å². The summed E-state index contributed by atoms with van der Waals surface area (Å²) in [7, 11) is 0. The smallest absolute Gasteiger partial charge is 0.338 e. The molecule has 0 aromatic heterocycles. The summed E-state index contributed by atoms with van der Waals surface area (Å²) in [6, 6.07) is 16.4. The number of aliphatic hydroxyl groups is 2. The summed E-state index contributed by atoms with van der Waals surface area (Å²) >= 11 is 3.23. The zero-order chi connectivity index (χ0) is 22.2. The molecule has 9 heteroatoms. The lowest BCUT2D eigenvalue weighted by atomic mass is 9.98. The molecule has 2 N–H and O–H groups in total. The van der Waals surface area contributed by atoms with E-state index in [9.17, 15) is 19.8 Å². The zero-order valence-corrected chi connectivity index (χ0v) is 18.1. The number of benzene rings is 2. The number of carbonyl (C=O) groups excluding carboxylic acids is 2. The third-order valence-corrected chi connectivity index (χ3v) is 4.98. The van der Waals surface area contributed by atoms with Crippen molar-refractivity contribution in [3.63, 3.8) is 0 Å². The van der Waals surface area contributed by atoms with Crippen molar-refractivity contribution in [2.24, 2.45) is 0 Å². The van der Waals surface area contributed by atoms with E-state index in [1.807, 2.05) is 0 Å². The molecule has 2 aromatic rings. The minimum atomic E-state index is -1.49. The zero-order valence-electron chi connectivity index (χ0n) is 16.5. The Bertz CT molecular complexity index is 847. The standard InChI is InChI=1S/C22H23BrO8/c23-11-12-28-22-19(31-21(27)15-9-5-2-6-10-15)17(25)18(16(13-24)29-22)30-20(26)14-7-3-1-4-8-14/h1-10,16-19,22,24-25H,11-13H2/t16-,17+,18-,19+,22+/m1/s1. The molecule has 0 bridgehead atoms. The van der Waals surface area contributed by atoms with E-state index < -0.39 is 49.3 Å². The first kappa shape index (κ1) is 23.4. The van der Waals surface area contributed by atoms with E-state index in [1.165, 1.54) is 0 Å². The van der Waals surface area contributed by atoms with E-state index in [1.54, 1.807) is 60.7 Å². The number of carbonyl (C=O) groups is 2. The Hall–Kier alpha value is -2.30. The van der Waals surface area contributed by atoms with Crippen LogP contribution >= 0.6 is 15.9 Å². The van der Waals surface area contributed by atoms with Gasteiger partial charge in [0.25, 0.3) is 0 Å². The SMILES string of the molecule is O=C(O[C@@H]1[C@@H](OCCBr)O[C@H](CO)[C@@H](OC(=O)c2ccccc2)[C@@H]1O)c1ccccc1. The predicted molar refractivity (Wildman–Crippen MR) is 113 cm³/mol. The summed E-state index contributed by atoms with van der Waals surface area (Å²) in [6.45, 7) is -0.347. The summed E-state index contributed by atoms with van der Waals surface area (Å²) in [5.74, 6) is -1.41. The first-order valence-corrected chi connectivity index (χ1v) is 10.8. The van der Waals surface area contributed by atoms with Crippen LogP contribution in [0.5, 0.6) is 0 Å². The van der Waals surface area contributed by atoms with Gasteiger partial charge in [0.05, 0.1) is 24.3 Å². The molecule has 166 valence electrons. The van der Waals surface area contributed by atoms with Gasteiger partial charge in [-0.2, -0.15) is 0 Å². The van der Waals surface area contributed by atoms with Crippen molar-refractivity contribution in [2.75, 3.05) is 18.5 Å². The normalized spacial score (nSPS) is 25.6. The number of aliphatic hydroxyl groups excluding tert-OH is 2. The number of esters is 2. The van der Waals surface area contributed by atoms with Crippen LogP contribution in [0.3, 0.4) is 0 Å². The lowest BCUT2D eigenvalue weighted by Crippen LogP contribution is -2.61. The maximum Gasteiger partial charge on any atom is 0.338 e. The van der Waals surface area contributed by atoms with Gasteiger partial charge in [0.15, 0.2) is 18.5 Å². The summed E-state index contributed by atoms with van der Waals surface area (Å²) in [6.07, 6.45) is -6.30. The van der Waals surface area contributed by atoms with Gasteiger partial charge in [0, 0.05) is 5.33 Å². The Morgan fingerprint density at radius 1 is 0.903 bits per heavy atom. The predicted octanol–water partition coefficient (Wildman–Crippen LogP) is 1.93. The molecule has 0 radical (unpaired) electrons. The summed E-state index contributed by atoms with van der Waals surface area (Å²) < 4.78 is 22.2. The first-order valence-electron chi connectivity index (χ1n) is 9.69. The monoisotopic (exact) mass is 494 g/mol. The van der Waals surface area contributed by atoms with Crippen molar-refractivity contribution in [3.05, 3.63) is 71.8 Å². The molecular weight excluding hydrogens is 472 g/mol. The summed E-state index contributed by atoms with van der Waals surface area (Å²) in [4.78, 5) is 25.1. The number of hydrogen-bond donors (Lipinski definition) is 2. The number of halogens is 1. The van der Waals surface area contributed by atoms with Crippen molar-refractivity contribution in [3.8, 4) is 0 Å². The van der Waals surface area contributed by atoms with Crippen molar-refractivity contribution in [1.29, 1.82) is 0 Å². The van der Waals surface area contributed by atoms with Crippen LogP contribution in [0.4, 0.5) is 0 Å². The van der Waals surface area contributed by atoms with Crippen molar-refractivity contribution in [2.45, 2.75) is 30.7 Å². The van der Waals surface area contributed by atoms with Crippen LogP contribution in [0.25, 0.3) is 0 Å². The van der Waals surface area contributed by atoms with Crippen LogP contribution in [0.1, 0.15) is 20.7 Å². The van der Waals surface area contributed by atoms with E-state index in [-0.39, 0.29) is 17.7 Å². The average Bonchev–Trinajstić information content (AvgIpc) is 2.81. The van der Waals surface area contributed by atoms with E-state index in [4.69, 9.17) is 18.9 Å². The average molecular weight is 495 g/mol. The van der Waals surface area contributed by atoms with Crippen LogP contribution < -0.4 is 0 Å². The maximum atomic E-state index is 12.6. The van der Waals surface area contributed by atoms with E-state index in [2.05, 4.69) is 15.9 Å². The minimum absolute atomic E-state index is 0.198. The molecule has 1 fully saturated rings. The van der Waals surface area contributed by atoms with E-state index >= 15 is 0 Å². The fraction of sp³-hybridized carbons (Fsp3) is 0.364. The minimum Gasteiger partial charge on any atom is -0.453 e. The molecule has 0 saturated carbocycles. The van der Waals surface area contributed by atoms with Crippen LogP contribution in [0.15, 0.2) is 60.7 Å². The Morgan fingerprint density at radius 2 is 1.42 bits per heavy atom. The molecule has 2 aromatic carbocycles. The highest BCUT2D eigenvalue weighted by Crippen LogP contribution is 2.28. The lowest BCUT2D eigenvalue weighted by Gasteiger charge is -2.42.